The molecule has 0 saturated carbocycles. The van der Waals surface area contributed by atoms with Gasteiger partial charge in [0.05, 0.1) is 12.2 Å². The van der Waals surface area contributed by atoms with Gasteiger partial charge in [-0.2, -0.15) is 0 Å². The number of rotatable bonds is 5. The standard InChI is InChI=1S/C20H24N2O2S2/c1-3-24-19(23)17-15-6-4-5-7-16(15)26-18(17)22-20(25)21-12-14-10-8-13(2)9-11-14/h8-11H,3-7,12H2,1-2H3,(H2,21,22,25). The molecule has 1 aliphatic rings. The van der Waals surface area contributed by atoms with Crippen LogP contribution in [0.5, 0.6) is 0 Å². The zero-order valence-corrected chi connectivity index (χ0v) is 16.8. The molecule has 4 nitrogen and oxygen atoms in total. The van der Waals surface area contributed by atoms with E-state index >= 15 is 0 Å². The number of esters is 1. The van der Waals surface area contributed by atoms with Gasteiger partial charge in [0.25, 0.3) is 0 Å². The lowest BCUT2D eigenvalue weighted by atomic mass is 9.95. The second-order valence-electron chi connectivity index (χ2n) is 6.43. The van der Waals surface area contributed by atoms with E-state index in [0.717, 1.165) is 35.4 Å². The summed E-state index contributed by atoms with van der Waals surface area (Å²) in [6.45, 7) is 4.92. The summed E-state index contributed by atoms with van der Waals surface area (Å²) in [7, 11) is 0. The number of aryl methyl sites for hydroxylation is 2. The van der Waals surface area contributed by atoms with Crippen LogP contribution in [0.3, 0.4) is 0 Å². The van der Waals surface area contributed by atoms with E-state index in [1.54, 1.807) is 11.3 Å². The molecule has 0 saturated heterocycles. The number of thiophene rings is 1. The molecule has 2 aromatic rings. The summed E-state index contributed by atoms with van der Waals surface area (Å²) in [6, 6.07) is 8.33. The predicted molar refractivity (Wildman–Crippen MR) is 111 cm³/mol. The van der Waals surface area contributed by atoms with Crippen molar-refractivity contribution in [2.24, 2.45) is 0 Å². The van der Waals surface area contributed by atoms with Crippen LogP contribution in [0.25, 0.3) is 0 Å². The Kier molecular flexibility index (Phi) is 6.27. The van der Waals surface area contributed by atoms with Gasteiger partial charge in [-0.15, -0.1) is 11.3 Å². The molecule has 1 aromatic heterocycles. The summed E-state index contributed by atoms with van der Waals surface area (Å²) in [5, 5.41) is 7.77. The lowest BCUT2D eigenvalue weighted by Gasteiger charge is -2.13. The number of hydrogen-bond donors (Lipinski definition) is 2. The molecule has 0 spiro atoms. The number of nitrogens with one attached hydrogen (secondary N) is 2. The summed E-state index contributed by atoms with van der Waals surface area (Å²) in [6.07, 6.45) is 4.25. The van der Waals surface area contributed by atoms with Crippen LogP contribution in [-0.2, 0) is 24.1 Å². The highest BCUT2D eigenvalue weighted by Gasteiger charge is 2.26. The molecule has 1 aromatic carbocycles. The Morgan fingerprint density at radius 2 is 1.96 bits per heavy atom. The first-order valence-electron chi connectivity index (χ1n) is 9.00. The molecule has 0 unspecified atom stereocenters. The van der Waals surface area contributed by atoms with Crippen molar-refractivity contribution in [3.8, 4) is 0 Å². The monoisotopic (exact) mass is 388 g/mol. The predicted octanol–water partition coefficient (Wildman–Crippen LogP) is 4.60. The molecular weight excluding hydrogens is 364 g/mol. The third-order valence-electron chi connectivity index (χ3n) is 4.45. The molecule has 1 heterocycles. The Labute approximate surface area is 164 Å². The van der Waals surface area contributed by atoms with Gasteiger partial charge in [0.15, 0.2) is 5.11 Å². The summed E-state index contributed by atoms with van der Waals surface area (Å²) in [5.41, 5.74) is 4.21. The second-order valence-corrected chi connectivity index (χ2v) is 7.94. The van der Waals surface area contributed by atoms with Gasteiger partial charge < -0.3 is 15.4 Å². The highest BCUT2D eigenvalue weighted by molar-refractivity contribution is 7.80. The fraction of sp³-hybridized carbons (Fsp3) is 0.400. The highest BCUT2D eigenvalue weighted by Crippen LogP contribution is 2.38. The van der Waals surface area contributed by atoms with Crippen molar-refractivity contribution >= 4 is 39.6 Å². The molecular formula is C20H24N2O2S2. The van der Waals surface area contributed by atoms with Crippen LogP contribution >= 0.6 is 23.6 Å². The van der Waals surface area contributed by atoms with Gasteiger partial charge in [0, 0.05) is 11.4 Å². The van der Waals surface area contributed by atoms with Crippen LogP contribution in [0.4, 0.5) is 5.00 Å². The SMILES string of the molecule is CCOC(=O)c1c(NC(=S)NCc2ccc(C)cc2)sc2c1CCCC2. The lowest BCUT2D eigenvalue weighted by Crippen LogP contribution is -2.28. The van der Waals surface area contributed by atoms with E-state index in [0.29, 0.717) is 23.8 Å². The van der Waals surface area contributed by atoms with Crippen LogP contribution in [0.15, 0.2) is 24.3 Å². The minimum atomic E-state index is -0.254. The normalized spacial score (nSPS) is 13.0. The summed E-state index contributed by atoms with van der Waals surface area (Å²) in [5.74, 6) is -0.254. The molecule has 6 heteroatoms. The number of carbonyl (C=O) groups is 1. The van der Waals surface area contributed by atoms with Crippen molar-refractivity contribution in [1.82, 2.24) is 5.32 Å². The van der Waals surface area contributed by atoms with Gasteiger partial charge in [-0.3, -0.25) is 0 Å². The fourth-order valence-electron chi connectivity index (χ4n) is 3.11. The Hall–Kier alpha value is -1.92. The first kappa shape index (κ1) is 18.9. The lowest BCUT2D eigenvalue weighted by molar-refractivity contribution is 0.0526. The first-order valence-corrected chi connectivity index (χ1v) is 10.2. The fourth-order valence-corrected chi connectivity index (χ4v) is 4.63. The smallest absolute Gasteiger partial charge is 0.341 e. The molecule has 138 valence electrons. The number of fused-ring (bicyclic) bond motifs is 1. The molecule has 0 aliphatic heterocycles. The van der Waals surface area contributed by atoms with Gasteiger partial charge in [-0.05, 0) is 62.9 Å². The van der Waals surface area contributed by atoms with Crippen molar-refractivity contribution in [2.75, 3.05) is 11.9 Å². The van der Waals surface area contributed by atoms with E-state index < -0.39 is 0 Å². The zero-order valence-electron chi connectivity index (χ0n) is 15.2. The van der Waals surface area contributed by atoms with Gasteiger partial charge in [-0.25, -0.2) is 4.79 Å². The average molecular weight is 389 g/mol. The zero-order chi connectivity index (χ0) is 18.5. The summed E-state index contributed by atoms with van der Waals surface area (Å²) in [4.78, 5) is 13.8. The number of hydrogen-bond acceptors (Lipinski definition) is 4. The first-order chi connectivity index (χ1) is 12.6. The Balaban J connectivity index is 1.71. The molecule has 3 rings (SSSR count). The second kappa shape index (κ2) is 8.64. The topological polar surface area (TPSA) is 50.4 Å². The van der Waals surface area contributed by atoms with E-state index in [1.807, 2.05) is 6.92 Å². The van der Waals surface area contributed by atoms with Crippen LogP contribution in [0.2, 0.25) is 0 Å². The third-order valence-corrected chi connectivity index (χ3v) is 5.91. The van der Waals surface area contributed by atoms with Gasteiger partial charge in [-0.1, -0.05) is 29.8 Å². The van der Waals surface area contributed by atoms with Gasteiger partial charge in [0.2, 0.25) is 0 Å². The molecule has 26 heavy (non-hydrogen) atoms. The minimum Gasteiger partial charge on any atom is -0.462 e. The number of benzene rings is 1. The molecule has 0 amide bonds. The van der Waals surface area contributed by atoms with Crippen LogP contribution in [0, 0.1) is 6.92 Å². The molecule has 0 bridgehead atoms. The van der Waals surface area contributed by atoms with Gasteiger partial charge in [0.1, 0.15) is 5.00 Å². The highest BCUT2D eigenvalue weighted by atomic mass is 32.1. The molecule has 0 atom stereocenters. The summed E-state index contributed by atoms with van der Waals surface area (Å²) < 4.78 is 5.28. The maximum absolute atomic E-state index is 12.5. The van der Waals surface area contributed by atoms with Crippen molar-refractivity contribution in [2.45, 2.75) is 46.1 Å². The molecule has 0 radical (unpaired) electrons. The van der Waals surface area contributed by atoms with Crippen molar-refractivity contribution in [3.05, 3.63) is 51.4 Å². The maximum atomic E-state index is 12.5. The number of anilines is 1. The van der Waals surface area contributed by atoms with Crippen molar-refractivity contribution in [3.63, 3.8) is 0 Å². The van der Waals surface area contributed by atoms with Crippen LogP contribution in [0.1, 0.15) is 51.7 Å². The largest absolute Gasteiger partial charge is 0.462 e. The quantitative estimate of drug-likeness (QED) is 0.579. The third kappa shape index (κ3) is 4.43. The van der Waals surface area contributed by atoms with E-state index in [2.05, 4.69) is 41.8 Å². The van der Waals surface area contributed by atoms with Crippen molar-refractivity contribution in [1.29, 1.82) is 0 Å². The number of carbonyl (C=O) groups excluding carboxylic acids is 1. The molecule has 2 N–H and O–H groups in total. The number of ether oxygens (including phenoxy) is 1. The van der Waals surface area contributed by atoms with E-state index in [1.165, 1.54) is 16.9 Å². The Morgan fingerprint density at radius 3 is 2.69 bits per heavy atom. The van der Waals surface area contributed by atoms with Crippen LogP contribution in [-0.4, -0.2) is 17.7 Å². The summed E-state index contributed by atoms with van der Waals surface area (Å²) >= 11 is 7.07. The Morgan fingerprint density at radius 1 is 1.23 bits per heavy atom. The van der Waals surface area contributed by atoms with Crippen LogP contribution < -0.4 is 10.6 Å². The van der Waals surface area contributed by atoms with E-state index in [4.69, 9.17) is 17.0 Å². The molecule has 1 aliphatic carbocycles. The minimum absolute atomic E-state index is 0.254. The maximum Gasteiger partial charge on any atom is 0.341 e. The molecule has 0 fully saturated rings. The average Bonchev–Trinajstić information content (AvgIpc) is 2.99. The number of thiocarbonyl (C=S) groups is 1. The van der Waals surface area contributed by atoms with Crippen molar-refractivity contribution < 1.29 is 9.53 Å². The van der Waals surface area contributed by atoms with Gasteiger partial charge >= 0.3 is 5.97 Å². The van der Waals surface area contributed by atoms with E-state index in [-0.39, 0.29) is 5.97 Å². The van der Waals surface area contributed by atoms with E-state index in [9.17, 15) is 4.79 Å². The Bertz CT molecular complexity index is 797.